The lowest BCUT2D eigenvalue weighted by molar-refractivity contribution is 0.0968. The van der Waals surface area contributed by atoms with E-state index in [1.54, 1.807) is 12.1 Å². The highest BCUT2D eigenvalue weighted by atomic mass is 32.2. The number of ketones is 1. The van der Waals surface area contributed by atoms with Gasteiger partial charge in [-0.25, -0.2) is 8.42 Å². The number of benzene rings is 1. The van der Waals surface area contributed by atoms with Crippen molar-refractivity contribution in [1.29, 1.82) is 0 Å². The molecule has 0 spiro atoms. The van der Waals surface area contributed by atoms with E-state index in [0.29, 0.717) is 12.0 Å². The van der Waals surface area contributed by atoms with Gasteiger partial charge >= 0.3 is 0 Å². The van der Waals surface area contributed by atoms with Crippen LogP contribution in [0.4, 0.5) is 0 Å². The van der Waals surface area contributed by atoms with Gasteiger partial charge in [0.1, 0.15) is 0 Å². The molecule has 1 saturated heterocycles. The van der Waals surface area contributed by atoms with Crippen molar-refractivity contribution in [1.82, 2.24) is 5.32 Å². The van der Waals surface area contributed by atoms with Gasteiger partial charge < -0.3 is 5.32 Å². The summed E-state index contributed by atoms with van der Waals surface area (Å²) in [5.41, 5.74) is 0.587. The summed E-state index contributed by atoms with van der Waals surface area (Å²) in [5, 5.41) is 3.40. The van der Waals surface area contributed by atoms with Gasteiger partial charge in [-0.05, 0) is 31.5 Å². The molecule has 1 aliphatic rings. The summed E-state index contributed by atoms with van der Waals surface area (Å²) in [6.45, 7) is 0.977. The highest BCUT2D eigenvalue weighted by Crippen LogP contribution is 2.16. The van der Waals surface area contributed by atoms with Crippen LogP contribution in [0.1, 0.15) is 42.5 Å². The lowest BCUT2D eigenvalue weighted by atomic mass is 10.0. The second-order valence-electron chi connectivity index (χ2n) is 5.42. The van der Waals surface area contributed by atoms with E-state index in [4.69, 9.17) is 0 Å². The predicted molar refractivity (Wildman–Crippen MR) is 78.8 cm³/mol. The van der Waals surface area contributed by atoms with Crippen molar-refractivity contribution in [3.63, 3.8) is 0 Å². The Balaban J connectivity index is 2.02. The first-order valence-electron chi connectivity index (χ1n) is 7.03. The van der Waals surface area contributed by atoms with Gasteiger partial charge in [-0.2, -0.15) is 0 Å². The molecule has 1 aliphatic heterocycles. The number of nitrogens with one attached hydrogen (secondary N) is 1. The minimum Gasteiger partial charge on any atom is -0.314 e. The Morgan fingerprint density at radius 2 is 1.90 bits per heavy atom. The van der Waals surface area contributed by atoms with Crippen LogP contribution < -0.4 is 5.32 Å². The fourth-order valence-corrected chi connectivity index (χ4v) is 3.14. The first kappa shape index (κ1) is 15.2. The monoisotopic (exact) mass is 295 g/mol. The van der Waals surface area contributed by atoms with E-state index in [-0.39, 0.29) is 16.7 Å². The van der Waals surface area contributed by atoms with Gasteiger partial charge in [0, 0.05) is 24.3 Å². The van der Waals surface area contributed by atoms with Crippen molar-refractivity contribution in [3.05, 3.63) is 29.8 Å². The van der Waals surface area contributed by atoms with Crippen LogP contribution in [0, 0.1) is 0 Å². The second kappa shape index (κ2) is 6.50. The van der Waals surface area contributed by atoms with Gasteiger partial charge in [-0.1, -0.05) is 25.0 Å². The number of carbonyl (C=O) groups is 1. The van der Waals surface area contributed by atoms with Gasteiger partial charge in [0.2, 0.25) is 0 Å². The Kier molecular flexibility index (Phi) is 4.94. The zero-order valence-electron chi connectivity index (χ0n) is 11.8. The molecule has 0 amide bonds. The van der Waals surface area contributed by atoms with Gasteiger partial charge in [0.25, 0.3) is 0 Å². The highest BCUT2D eigenvalue weighted by Gasteiger charge is 2.17. The van der Waals surface area contributed by atoms with Crippen LogP contribution in [0.25, 0.3) is 0 Å². The third-order valence-corrected chi connectivity index (χ3v) is 4.83. The van der Waals surface area contributed by atoms with Crippen molar-refractivity contribution >= 4 is 15.6 Å². The van der Waals surface area contributed by atoms with E-state index in [2.05, 4.69) is 5.32 Å². The average Bonchev–Trinajstić information content (AvgIpc) is 2.66. The maximum atomic E-state index is 12.2. The fourth-order valence-electron chi connectivity index (χ4n) is 2.50. The minimum atomic E-state index is -3.20. The average molecular weight is 295 g/mol. The number of Topliss-reactive ketones (excluding diaryl/α,β-unsaturated/α-hetero) is 1. The fraction of sp³-hybridized carbons (Fsp3) is 0.533. The summed E-state index contributed by atoms with van der Waals surface area (Å²) in [6, 6.07) is 6.47. The van der Waals surface area contributed by atoms with E-state index >= 15 is 0 Å². The Bertz CT molecular complexity index is 555. The summed E-state index contributed by atoms with van der Waals surface area (Å²) < 4.78 is 22.7. The molecule has 0 bridgehead atoms. The van der Waals surface area contributed by atoms with Crippen molar-refractivity contribution < 1.29 is 13.2 Å². The first-order valence-corrected chi connectivity index (χ1v) is 8.92. The maximum absolute atomic E-state index is 12.2. The number of carbonyl (C=O) groups excluding carboxylic acids is 1. The lowest BCUT2D eigenvalue weighted by Crippen LogP contribution is -2.30. The molecule has 1 heterocycles. The van der Waals surface area contributed by atoms with Crippen molar-refractivity contribution in [3.8, 4) is 0 Å². The molecule has 20 heavy (non-hydrogen) atoms. The Morgan fingerprint density at radius 3 is 2.55 bits per heavy atom. The second-order valence-corrected chi connectivity index (χ2v) is 7.44. The molecule has 1 aromatic carbocycles. The van der Waals surface area contributed by atoms with Crippen LogP contribution in [0.2, 0.25) is 0 Å². The summed E-state index contributed by atoms with van der Waals surface area (Å²) in [4.78, 5) is 12.4. The molecule has 1 unspecified atom stereocenters. The smallest absolute Gasteiger partial charge is 0.175 e. The molecule has 4 nitrogen and oxygen atoms in total. The summed E-state index contributed by atoms with van der Waals surface area (Å²) in [7, 11) is -3.20. The molecular formula is C15H21NO3S. The highest BCUT2D eigenvalue weighted by molar-refractivity contribution is 7.90. The maximum Gasteiger partial charge on any atom is 0.175 e. The van der Waals surface area contributed by atoms with Crippen LogP contribution in [-0.4, -0.2) is 33.0 Å². The topological polar surface area (TPSA) is 63.2 Å². The molecule has 0 aromatic heterocycles. The summed E-state index contributed by atoms with van der Waals surface area (Å²) in [6.07, 6.45) is 6.25. The Hall–Kier alpha value is -1.20. The van der Waals surface area contributed by atoms with Crippen LogP contribution in [0.15, 0.2) is 29.2 Å². The van der Waals surface area contributed by atoms with Crippen molar-refractivity contribution in [2.45, 2.75) is 43.0 Å². The summed E-state index contributed by atoms with van der Waals surface area (Å²) >= 11 is 0. The van der Waals surface area contributed by atoms with Crippen LogP contribution >= 0.6 is 0 Å². The van der Waals surface area contributed by atoms with Gasteiger partial charge in [-0.3, -0.25) is 4.79 Å². The van der Waals surface area contributed by atoms with E-state index in [9.17, 15) is 13.2 Å². The number of hydrogen-bond acceptors (Lipinski definition) is 4. The van der Waals surface area contributed by atoms with Gasteiger partial charge in [0.15, 0.2) is 15.6 Å². The van der Waals surface area contributed by atoms with E-state index in [1.807, 2.05) is 0 Å². The van der Waals surface area contributed by atoms with Crippen molar-refractivity contribution in [2.75, 3.05) is 12.8 Å². The normalized spacial score (nSPS) is 20.4. The van der Waals surface area contributed by atoms with Crippen LogP contribution in [0.5, 0.6) is 0 Å². The Morgan fingerprint density at radius 1 is 1.20 bits per heavy atom. The quantitative estimate of drug-likeness (QED) is 0.865. The van der Waals surface area contributed by atoms with E-state index < -0.39 is 9.84 Å². The lowest BCUT2D eigenvalue weighted by Gasteiger charge is -2.14. The standard InChI is InChI=1S/C15H21NO3S/c1-20(18,19)14-8-6-12(7-9-14)15(17)11-13-5-3-2-4-10-16-13/h6-9,13,16H,2-5,10-11H2,1H3. The third-order valence-electron chi connectivity index (χ3n) is 3.70. The zero-order valence-corrected chi connectivity index (χ0v) is 12.6. The van der Waals surface area contributed by atoms with Gasteiger partial charge in [0.05, 0.1) is 4.90 Å². The minimum absolute atomic E-state index is 0.0736. The van der Waals surface area contributed by atoms with Crippen LogP contribution in [0.3, 0.4) is 0 Å². The molecule has 0 aliphatic carbocycles. The molecule has 2 rings (SSSR count). The first-order chi connectivity index (χ1) is 9.47. The van der Waals surface area contributed by atoms with E-state index in [1.165, 1.54) is 31.2 Å². The van der Waals surface area contributed by atoms with E-state index in [0.717, 1.165) is 19.4 Å². The predicted octanol–water partition coefficient (Wildman–Crippen LogP) is 2.20. The van der Waals surface area contributed by atoms with Crippen molar-refractivity contribution in [2.24, 2.45) is 0 Å². The number of hydrogen-bond donors (Lipinski definition) is 1. The Labute approximate surface area is 120 Å². The molecule has 0 radical (unpaired) electrons. The number of rotatable bonds is 4. The molecule has 110 valence electrons. The SMILES string of the molecule is CS(=O)(=O)c1ccc(C(=O)CC2CCCCCN2)cc1. The molecule has 1 aromatic rings. The summed E-state index contributed by atoms with van der Waals surface area (Å²) in [5.74, 6) is 0.0736. The largest absolute Gasteiger partial charge is 0.314 e. The number of sulfone groups is 1. The molecule has 1 atom stereocenters. The third kappa shape index (κ3) is 4.15. The molecule has 0 saturated carbocycles. The molecule has 5 heteroatoms. The van der Waals surface area contributed by atoms with Gasteiger partial charge in [-0.15, -0.1) is 0 Å². The van der Waals surface area contributed by atoms with Crippen LogP contribution in [-0.2, 0) is 9.84 Å². The molecule has 1 fully saturated rings. The zero-order chi connectivity index (χ0) is 14.6. The molecular weight excluding hydrogens is 274 g/mol. The molecule has 1 N–H and O–H groups in total.